The van der Waals surface area contributed by atoms with Crippen LogP contribution in [0.15, 0.2) is 35.4 Å². The van der Waals surface area contributed by atoms with Crippen molar-refractivity contribution in [1.82, 2.24) is 16.1 Å². The molecule has 0 radical (unpaired) electrons. The summed E-state index contributed by atoms with van der Waals surface area (Å²) in [6.45, 7) is 6.15. The number of rotatable bonds is 11. The number of hydrazone groups is 1. The minimum absolute atomic E-state index is 0.131. The number of amides is 3. The predicted molar refractivity (Wildman–Crippen MR) is 115 cm³/mol. The minimum atomic E-state index is -0.733. The third kappa shape index (κ3) is 7.85. The van der Waals surface area contributed by atoms with E-state index in [0.717, 1.165) is 18.4 Å². The molecular weight excluding hydrogens is 384 g/mol. The molecule has 3 N–H and O–H groups in total. The standard InChI is InChI=1S/C22H32N4O4/c1-4-5-11-17(18-13-20(27)26-25-18)23-21(28)19(12-15(2)3)24-22(29)30-14-16-9-7-6-8-10-16/h6-10,15,17,19H,4-5,11-14H2,1-3H3,(H,23,28)(H,24,29)(H,26,27)/t17-,19-/m0/s1. The smallest absolute Gasteiger partial charge is 0.408 e. The Balaban J connectivity index is 1.98. The molecular formula is C22H32N4O4. The fraction of sp³-hybridized carbons (Fsp3) is 0.545. The molecule has 0 aromatic heterocycles. The van der Waals surface area contributed by atoms with Crippen molar-refractivity contribution >= 4 is 23.6 Å². The third-order valence-corrected chi connectivity index (χ3v) is 4.76. The molecule has 1 aliphatic rings. The van der Waals surface area contributed by atoms with Crippen LogP contribution in [-0.4, -0.2) is 35.7 Å². The highest BCUT2D eigenvalue weighted by molar-refractivity contribution is 6.08. The molecule has 8 nitrogen and oxygen atoms in total. The average molecular weight is 417 g/mol. The predicted octanol–water partition coefficient (Wildman–Crippen LogP) is 2.88. The number of hydrogen-bond donors (Lipinski definition) is 3. The maximum absolute atomic E-state index is 13.0. The summed E-state index contributed by atoms with van der Waals surface area (Å²) in [6.07, 6.45) is 2.54. The molecule has 2 atom stereocenters. The highest BCUT2D eigenvalue weighted by Crippen LogP contribution is 2.11. The van der Waals surface area contributed by atoms with Gasteiger partial charge >= 0.3 is 6.09 Å². The third-order valence-electron chi connectivity index (χ3n) is 4.76. The Morgan fingerprint density at radius 3 is 2.53 bits per heavy atom. The van der Waals surface area contributed by atoms with Crippen LogP contribution in [0, 0.1) is 5.92 Å². The minimum Gasteiger partial charge on any atom is -0.445 e. The number of nitrogens with zero attached hydrogens (tertiary/aromatic N) is 1. The van der Waals surface area contributed by atoms with Crippen molar-refractivity contribution in [3.63, 3.8) is 0 Å². The van der Waals surface area contributed by atoms with E-state index in [1.54, 1.807) is 0 Å². The van der Waals surface area contributed by atoms with Crippen molar-refractivity contribution < 1.29 is 19.1 Å². The van der Waals surface area contributed by atoms with Gasteiger partial charge in [-0.1, -0.05) is 63.9 Å². The first-order valence-corrected chi connectivity index (χ1v) is 10.5. The van der Waals surface area contributed by atoms with Crippen molar-refractivity contribution in [3.8, 4) is 0 Å². The van der Waals surface area contributed by atoms with E-state index in [2.05, 4.69) is 28.1 Å². The fourth-order valence-corrected chi connectivity index (χ4v) is 3.19. The maximum Gasteiger partial charge on any atom is 0.408 e. The molecule has 0 aliphatic carbocycles. The topological polar surface area (TPSA) is 109 Å². The zero-order valence-electron chi connectivity index (χ0n) is 17.9. The molecule has 164 valence electrons. The van der Waals surface area contributed by atoms with E-state index in [9.17, 15) is 14.4 Å². The van der Waals surface area contributed by atoms with Crippen molar-refractivity contribution in [2.45, 2.75) is 71.6 Å². The first-order chi connectivity index (χ1) is 14.4. The fourth-order valence-electron chi connectivity index (χ4n) is 3.19. The summed E-state index contributed by atoms with van der Waals surface area (Å²) < 4.78 is 5.27. The summed E-state index contributed by atoms with van der Waals surface area (Å²) in [4.78, 5) is 36.8. The van der Waals surface area contributed by atoms with Crippen LogP contribution in [0.1, 0.15) is 58.4 Å². The van der Waals surface area contributed by atoms with Gasteiger partial charge in [-0.05, 0) is 24.3 Å². The van der Waals surface area contributed by atoms with E-state index in [1.807, 2.05) is 44.2 Å². The van der Waals surface area contributed by atoms with Gasteiger partial charge in [0.25, 0.3) is 0 Å². The molecule has 8 heteroatoms. The Morgan fingerprint density at radius 1 is 1.20 bits per heavy atom. The van der Waals surface area contributed by atoms with Crippen molar-refractivity contribution in [2.75, 3.05) is 0 Å². The summed E-state index contributed by atoms with van der Waals surface area (Å²) in [6, 6.07) is 8.28. The van der Waals surface area contributed by atoms with E-state index in [4.69, 9.17) is 4.74 Å². The average Bonchev–Trinajstić information content (AvgIpc) is 3.15. The summed E-state index contributed by atoms with van der Waals surface area (Å²) >= 11 is 0. The number of carbonyl (C=O) groups excluding carboxylic acids is 3. The van der Waals surface area contributed by atoms with E-state index < -0.39 is 12.1 Å². The summed E-state index contributed by atoms with van der Waals surface area (Å²) in [5.41, 5.74) is 3.92. The number of nitrogens with one attached hydrogen (secondary N) is 3. The highest BCUT2D eigenvalue weighted by Gasteiger charge is 2.29. The second kappa shape index (κ2) is 11.9. The van der Waals surface area contributed by atoms with Crippen LogP contribution >= 0.6 is 0 Å². The largest absolute Gasteiger partial charge is 0.445 e. The van der Waals surface area contributed by atoms with E-state index >= 15 is 0 Å². The van der Waals surface area contributed by atoms with Gasteiger partial charge in [-0.3, -0.25) is 9.59 Å². The molecule has 0 saturated carbocycles. The second-order valence-corrected chi connectivity index (χ2v) is 7.91. The SMILES string of the molecule is CCCC[C@H](NC(=O)[C@H](CC(C)C)NC(=O)OCc1ccccc1)C1=NNC(=O)C1. The molecule has 1 aliphatic heterocycles. The van der Waals surface area contributed by atoms with Gasteiger partial charge in [-0.15, -0.1) is 0 Å². The van der Waals surface area contributed by atoms with Crippen LogP contribution in [0.3, 0.4) is 0 Å². The molecule has 0 unspecified atom stereocenters. The Bertz CT molecular complexity index is 749. The van der Waals surface area contributed by atoms with Gasteiger partial charge < -0.3 is 15.4 Å². The van der Waals surface area contributed by atoms with Crippen LogP contribution in [0.4, 0.5) is 4.79 Å². The second-order valence-electron chi connectivity index (χ2n) is 7.91. The number of alkyl carbamates (subject to hydrolysis) is 1. The quantitative estimate of drug-likeness (QED) is 0.515. The summed E-state index contributed by atoms with van der Waals surface area (Å²) in [5, 5.41) is 9.71. The number of benzene rings is 1. The van der Waals surface area contributed by atoms with Gasteiger partial charge in [0.05, 0.1) is 18.2 Å². The number of ether oxygens (including phenoxy) is 1. The van der Waals surface area contributed by atoms with Gasteiger partial charge in [0.15, 0.2) is 0 Å². The first kappa shape index (κ1) is 23.4. The lowest BCUT2D eigenvalue weighted by Gasteiger charge is -2.24. The molecule has 30 heavy (non-hydrogen) atoms. The zero-order chi connectivity index (χ0) is 21.9. The Morgan fingerprint density at radius 2 is 1.93 bits per heavy atom. The normalized spacial score (nSPS) is 15.2. The van der Waals surface area contributed by atoms with Gasteiger partial charge in [-0.2, -0.15) is 5.10 Å². The van der Waals surface area contributed by atoms with Gasteiger partial charge in [0.2, 0.25) is 11.8 Å². The maximum atomic E-state index is 13.0. The van der Waals surface area contributed by atoms with Crippen LogP contribution in [-0.2, 0) is 20.9 Å². The Hall–Kier alpha value is -2.90. The lowest BCUT2D eigenvalue weighted by atomic mass is 10.00. The van der Waals surface area contributed by atoms with Crippen molar-refractivity contribution in [1.29, 1.82) is 0 Å². The van der Waals surface area contributed by atoms with E-state index in [1.165, 1.54) is 0 Å². The Kier molecular flexibility index (Phi) is 9.31. The van der Waals surface area contributed by atoms with Crippen LogP contribution < -0.4 is 16.1 Å². The molecule has 2 rings (SSSR count). The zero-order valence-corrected chi connectivity index (χ0v) is 17.9. The first-order valence-electron chi connectivity index (χ1n) is 10.5. The van der Waals surface area contributed by atoms with E-state index in [-0.39, 0.29) is 36.8 Å². The Labute approximate surface area is 177 Å². The highest BCUT2D eigenvalue weighted by atomic mass is 16.5. The molecule has 1 heterocycles. The molecule has 1 aromatic rings. The number of carbonyl (C=O) groups is 3. The van der Waals surface area contributed by atoms with Crippen molar-refractivity contribution in [2.24, 2.45) is 11.0 Å². The van der Waals surface area contributed by atoms with Gasteiger partial charge in [-0.25, -0.2) is 10.2 Å². The van der Waals surface area contributed by atoms with Gasteiger partial charge in [0, 0.05) is 0 Å². The van der Waals surface area contributed by atoms with Crippen LogP contribution in [0.5, 0.6) is 0 Å². The number of unbranched alkanes of at least 4 members (excludes halogenated alkanes) is 1. The number of hydrogen-bond acceptors (Lipinski definition) is 5. The lowest BCUT2D eigenvalue weighted by Crippen LogP contribution is -2.52. The molecule has 0 spiro atoms. The van der Waals surface area contributed by atoms with Crippen molar-refractivity contribution in [3.05, 3.63) is 35.9 Å². The monoisotopic (exact) mass is 416 g/mol. The molecule has 0 bridgehead atoms. The summed E-state index contributed by atoms with van der Waals surface area (Å²) in [7, 11) is 0. The van der Waals surface area contributed by atoms with E-state index in [0.29, 0.717) is 18.6 Å². The molecule has 1 aromatic carbocycles. The molecule has 0 saturated heterocycles. The molecule has 3 amide bonds. The molecule has 0 fully saturated rings. The van der Waals surface area contributed by atoms with Crippen LogP contribution in [0.2, 0.25) is 0 Å². The lowest BCUT2D eigenvalue weighted by molar-refractivity contribution is -0.124. The summed E-state index contributed by atoms with van der Waals surface area (Å²) in [5.74, 6) is -0.290. The van der Waals surface area contributed by atoms with Gasteiger partial charge in [0.1, 0.15) is 12.6 Å². The van der Waals surface area contributed by atoms with Crippen LogP contribution in [0.25, 0.3) is 0 Å².